The lowest BCUT2D eigenvalue weighted by Gasteiger charge is -2.36. The predicted octanol–water partition coefficient (Wildman–Crippen LogP) is 2.48. The van der Waals surface area contributed by atoms with Gasteiger partial charge in [-0.2, -0.15) is 0 Å². The van der Waals surface area contributed by atoms with Gasteiger partial charge in [0.1, 0.15) is 5.69 Å². The van der Waals surface area contributed by atoms with Crippen molar-refractivity contribution in [3.8, 4) is 0 Å². The van der Waals surface area contributed by atoms with Gasteiger partial charge in [-0.15, -0.1) is 0 Å². The van der Waals surface area contributed by atoms with E-state index in [0.29, 0.717) is 24.9 Å². The maximum atomic E-state index is 12.4. The number of carbonyl (C=O) groups is 1. The number of ether oxygens (including phenoxy) is 1. The number of aromatic amines is 1. The Balaban J connectivity index is 1.11. The molecular weight excluding hydrogens is 430 g/mol. The summed E-state index contributed by atoms with van der Waals surface area (Å²) < 4.78 is 5.49. The zero-order valence-electron chi connectivity index (χ0n) is 19.4. The first-order chi connectivity index (χ1) is 16.5. The highest BCUT2D eigenvalue weighted by molar-refractivity contribution is 5.93. The van der Waals surface area contributed by atoms with Crippen LogP contribution in [0.2, 0.25) is 0 Å². The Labute approximate surface area is 197 Å². The molecule has 0 bridgehead atoms. The molecule has 1 aliphatic carbocycles. The van der Waals surface area contributed by atoms with Crippen molar-refractivity contribution in [2.45, 2.75) is 45.6 Å². The van der Waals surface area contributed by atoms with Gasteiger partial charge < -0.3 is 19.9 Å². The number of aromatic nitrogens is 2. The number of nitrogens with zero attached hydrogens (tertiary/aromatic N) is 3. The molecule has 0 unspecified atom stereocenters. The molecule has 1 saturated carbocycles. The van der Waals surface area contributed by atoms with Crippen LogP contribution in [0.15, 0.2) is 35.1 Å². The highest BCUT2D eigenvalue weighted by atomic mass is 16.5. The van der Waals surface area contributed by atoms with Crippen molar-refractivity contribution >= 4 is 22.5 Å². The molecule has 6 rings (SSSR count). The summed E-state index contributed by atoms with van der Waals surface area (Å²) in [4.78, 5) is 37.0. The van der Waals surface area contributed by atoms with Crippen LogP contribution in [0.5, 0.6) is 0 Å². The van der Waals surface area contributed by atoms with Gasteiger partial charge in [-0.3, -0.25) is 14.5 Å². The van der Waals surface area contributed by atoms with Gasteiger partial charge in [0.25, 0.3) is 11.5 Å². The van der Waals surface area contributed by atoms with E-state index in [-0.39, 0.29) is 11.5 Å². The fraction of sp³-hybridized carbons (Fsp3) is 0.423. The monoisotopic (exact) mass is 459 g/mol. The van der Waals surface area contributed by atoms with Crippen LogP contribution in [0.4, 0.5) is 5.69 Å². The lowest BCUT2D eigenvalue weighted by Crippen LogP contribution is -2.46. The Bertz CT molecular complexity index is 1320. The standard InChI is InChI=1S/C26H29N5O3/c1-16-24(7-6-22(27-16)26(33)28-18-3-4-18)31-10-8-30(9-11-31)13-17-2-5-19-20-14-34-15-21(20)25(32)29-23(19)12-17/h2,5-7,12,18H,3-4,8-11,13-15H2,1H3,(H,28,33)(H,29,32). The number of aryl methyl sites for hydroxylation is 1. The van der Waals surface area contributed by atoms with Gasteiger partial charge in [0.05, 0.1) is 24.6 Å². The number of amides is 1. The first-order valence-electron chi connectivity index (χ1n) is 12.1. The van der Waals surface area contributed by atoms with Crippen LogP contribution in [-0.2, 0) is 24.5 Å². The van der Waals surface area contributed by atoms with Crippen LogP contribution in [-0.4, -0.2) is 53.0 Å². The number of hydrogen-bond donors (Lipinski definition) is 2. The minimum atomic E-state index is -0.0730. The van der Waals surface area contributed by atoms with E-state index in [4.69, 9.17) is 4.74 Å². The van der Waals surface area contributed by atoms with Crippen LogP contribution in [0.1, 0.15) is 45.7 Å². The molecule has 0 radical (unpaired) electrons. The maximum Gasteiger partial charge on any atom is 0.270 e. The quantitative estimate of drug-likeness (QED) is 0.609. The number of fused-ring (bicyclic) bond motifs is 3. The van der Waals surface area contributed by atoms with Crippen molar-refractivity contribution in [3.63, 3.8) is 0 Å². The third-order valence-corrected chi connectivity index (χ3v) is 7.11. The minimum absolute atomic E-state index is 0.0363. The molecule has 176 valence electrons. The summed E-state index contributed by atoms with van der Waals surface area (Å²) in [5.41, 5.74) is 6.33. The molecule has 34 heavy (non-hydrogen) atoms. The van der Waals surface area contributed by atoms with E-state index in [2.05, 4.69) is 43.3 Å². The minimum Gasteiger partial charge on any atom is -0.372 e. The summed E-state index contributed by atoms with van der Waals surface area (Å²) in [7, 11) is 0. The number of rotatable bonds is 5. The van der Waals surface area contributed by atoms with E-state index in [9.17, 15) is 9.59 Å². The molecule has 3 aliphatic rings. The number of anilines is 1. The second-order valence-electron chi connectivity index (χ2n) is 9.60. The van der Waals surface area contributed by atoms with Crippen LogP contribution >= 0.6 is 0 Å². The van der Waals surface area contributed by atoms with E-state index in [1.54, 1.807) is 0 Å². The Kier molecular flexibility index (Phi) is 5.34. The summed E-state index contributed by atoms with van der Waals surface area (Å²) in [6.45, 7) is 7.43. The molecule has 2 aromatic heterocycles. The van der Waals surface area contributed by atoms with Crippen LogP contribution in [0.25, 0.3) is 10.9 Å². The summed E-state index contributed by atoms with van der Waals surface area (Å²) >= 11 is 0. The van der Waals surface area contributed by atoms with E-state index >= 15 is 0 Å². The summed E-state index contributed by atoms with van der Waals surface area (Å²) in [6, 6.07) is 10.6. The number of carbonyl (C=O) groups excluding carboxylic acids is 1. The van der Waals surface area contributed by atoms with E-state index in [0.717, 1.165) is 79.0 Å². The Morgan fingerprint density at radius 1 is 1.12 bits per heavy atom. The van der Waals surface area contributed by atoms with Crippen LogP contribution < -0.4 is 15.8 Å². The second kappa shape index (κ2) is 8.52. The summed E-state index contributed by atoms with van der Waals surface area (Å²) in [6.07, 6.45) is 2.14. The van der Waals surface area contributed by atoms with E-state index < -0.39 is 0 Å². The zero-order valence-corrected chi connectivity index (χ0v) is 19.4. The molecule has 4 heterocycles. The van der Waals surface area contributed by atoms with Crippen molar-refractivity contribution in [2.24, 2.45) is 0 Å². The van der Waals surface area contributed by atoms with Crippen molar-refractivity contribution in [3.05, 3.63) is 68.8 Å². The largest absolute Gasteiger partial charge is 0.372 e. The van der Waals surface area contributed by atoms with E-state index in [1.807, 2.05) is 19.1 Å². The van der Waals surface area contributed by atoms with Crippen molar-refractivity contribution in [1.82, 2.24) is 20.2 Å². The van der Waals surface area contributed by atoms with Gasteiger partial charge in [-0.1, -0.05) is 12.1 Å². The normalized spacial score (nSPS) is 18.3. The summed E-state index contributed by atoms with van der Waals surface area (Å²) in [5, 5.41) is 4.09. The number of hydrogen-bond acceptors (Lipinski definition) is 6. The van der Waals surface area contributed by atoms with Gasteiger partial charge >= 0.3 is 0 Å². The highest BCUT2D eigenvalue weighted by Crippen LogP contribution is 2.26. The van der Waals surface area contributed by atoms with Gasteiger partial charge in [0, 0.05) is 55.2 Å². The molecule has 3 aromatic rings. The Morgan fingerprint density at radius 3 is 2.68 bits per heavy atom. The lowest BCUT2D eigenvalue weighted by atomic mass is 10.0. The number of piperazine rings is 1. The SMILES string of the molecule is Cc1nc(C(=O)NC2CC2)ccc1N1CCN(Cc2ccc3c4c(c(=O)[nH]c3c2)COC4)CC1. The van der Waals surface area contributed by atoms with Crippen LogP contribution in [0.3, 0.4) is 0 Å². The Hall–Kier alpha value is -3.23. The van der Waals surface area contributed by atoms with Gasteiger partial charge in [-0.25, -0.2) is 4.98 Å². The van der Waals surface area contributed by atoms with Crippen molar-refractivity contribution < 1.29 is 9.53 Å². The molecule has 0 atom stereocenters. The number of pyridine rings is 2. The molecule has 8 nitrogen and oxygen atoms in total. The second-order valence-corrected chi connectivity index (χ2v) is 9.60. The molecule has 8 heteroatoms. The molecule has 1 aromatic carbocycles. The molecule has 1 amide bonds. The molecule has 0 spiro atoms. The lowest BCUT2D eigenvalue weighted by molar-refractivity contribution is 0.0946. The smallest absolute Gasteiger partial charge is 0.270 e. The molecule has 2 N–H and O–H groups in total. The average Bonchev–Trinajstić information content (AvgIpc) is 3.50. The third kappa shape index (κ3) is 4.08. The molecule has 1 saturated heterocycles. The van der Waals surface area contributed by atoms with Crippen molar-refractivity contribution in [1.29, 1.82) is 0 Å². The predicted molar refractivity (Wildman–Crippen MR) is 130 cm³/mol. The fourth-order valence-electron chi connectivity index (χ4n) is 5.03. The van der Waals surface area contributed by atoms with Gasteiger partial charge in [-0.05, 0) is 49.1 Å². The number of H-pyrrole nitrogens is 1. The molecular formula is C26H29N5O3. The number of nitrogens with one attached hydrogen (secondary N) is 2. The maximum absolute atomic E-state index is 12.4. The first kappa shape index (κ1) is 21.3. The van der Waals surface area contributed by atoms with Crippen molar-refractivity contribution in [2.75, 3.05) is 31.1 Å². The zero-order chi connectivity index (χ0) is 23.2. The van der Waals surface area contributed by atoms with Gasteiger partial charge in [0.15, 0.2) is 0 Å². The topological polar surface area (TPSA) is 90.6 Å². The number of benzene rings is 1. The highest BCUT2D eigenvalue weighted by Gasteiger charge is 2.25. The fourth-order valence-corrected chi connectivity index (χ4v) is 5.03. The Morgan fingerprint density at radius 2 is 1.91 bits per heavy atom. The average molecular weight is 460 g/mol. The molecule has 2 aliphatic heterocycles. The van der Waals surface area contributed by atoms with E-state index in [1.165, 1.54) is 5.56 Å². The summed E-state index contributed by atoms with van der Waals surface area (Å²) in [5.74, 6) is -0.0730. The first-order valence-corrected chi connectivity index (χ1v) is 12.1. The van der Waals surface area contributed by atoms with Gasteiger partial charge in [0.2, 0.25) is 0 Å². The third-order valence-electron chi connectivity index (χ3n) is 7.11. The molecule has 2 fully saturated rings. The van der Waals surface area contributed by atoms with Crippen LogP contribution in [0, 0.1) is 6.92 Å².